The molecule has 0 N–H and O–H groups in total. The van der Waals surface area contributed by atoms with Gasteiger partial charge in [0.05, 0.1) is 11.5 Å². The normalized spacial score (nSPS) is 19.4. The molecule has 1 aliphatic rings. The summed E-state index contributed by atoms with van der Waals surface area (Å²) in [6, 6.07) is 8.36. The van der Waals surface area contributed by atoms with E-state index in [-0.39, 0.29) is 11.5 Å². The number of ether oxygens (including phenoxy) is 1. The van der Waals surface area contributed by atoms with Crippen LogP contribution in [-0.4, -0.2) is 6.10 Å². The number of alkyl halides is 1. The van der Waals surface area contributed by atoms with Crippen LogP contribution < -0.4 is 4.74 Å². The highest BCUT2D eigenvalue weighted by Crippen LogP contribution is 2.37. The molecule has 1 aromatic carbocycles. The average Bonchev–Trinajstić information content (AvgIpc) is 2.38. The van der Waals surface area contributed by atoms with Gasteiger partial charge in [0.25, 0.3) is 0 Å². The van der Waals surface area contributed by atoms with E-state index in [1.54, 1.807) is 0 Å². The molecule has 2 heteroatoms. The van der Waals surface area contributed by atoms with Crippen molar-refractivity contribution in [2.24, 2.45) is 5.92 Å². The van der Waals surface area contributed by atoms with Gasteiger partial charge in [-0.2, -0.15) is 0 Å². The van der Waals surface area contributed by atoms with Crippen molar-refractivity contribution in [3.05, 3.63) is 29.8 Å². The Labute approximate surface area is 128 Å². The minimum absolute atomic E-state index is 0.154. The molecule has 0 spiro atoms. The first-order valence-electron chi connectivity index (χ1n) is 8.07. The number of hydrogen-bond donors (Lipinski definition) is 0. The summed E-state index contributed by atoms with van der Waals surface area (Å²) >= 11 is 6.73. The third-order valence-corrected chi connectivity index (χ3v) is 4.74. The molecule has 0 amide bonds. The minimum Gasteiger partial charge on any atom is -0.491 e. The highest BCUT2D eigenvalue weighted by molar-refractivity contribution is 6.21. The van der Waals surface area contributed by atoms with Crippen LogP contribution in [0.15, 0.2) is 24.3 Å². The number of halogens is 1. The Morgan fingerprint density at radius 3 is 2.05 bits per heavy atom. The second kappa shape index (κ2) is 7.93. The minimum atomic E-state index is 0.154. The summed E-state index contributed by atoms with van der Waals surface area (Å²) in [5, 5.41) is 0.154. The van der Waals surface area contributed by atoms with Gasteiger partial charge < -0.3 is 4.74 Å². The second-order valence-electron chi connectivity index (χ2n) is 6.24. The van der Waals surface area contributed by atoms with E-state index in [1.165, 1.54) is 50.5 Å². The van der Waals surface area contributed by atoms with Gasteiger partial charge in [0.1, 0.15) is 5.75 Å². The van der Waals surface area contributed by atoms with Crippen LogP contribution in [0, 0.1) is 5.92 Å². The summed E-state index contributed by atoms with van der Waals surface area (Å²) in [7, 11) is 0. The summed E-state index contributed by atoms with van der Waals surface area (Å²) in [4.78, 5) is 0. The molecule has 1 unspecified atom stereocenters. The Morgan fingerprint density at radius 2 is 1.50 bits per heavy atom. The molecule has 0 heterocycles. The standard InChI is InChI=1S/C18H27ClO/c1-14(2)20-17-12-10-16(11-13-17)18(19)15-8-6-4-3-5-7-9-15/h10-15,18H,3-9H2,1-2H3. The van der Waals surface area contributed by atoms with Gasteiger partial charge >= 0.3 is 0 Å². The first-order valence-corrected chi connectivity index (χ1v) is 8.51. The molecular weight excluding hydrogens is 268 g/mol. The Bertz CT molecular complexity index is 377. The zero-order valence-electron chi connectivity index (χ0n) is 12.8. The number of hydrogen-bond acceptors (Lipinski definition) is 1. The predicted octanol–water partition coefficient (Wildman–Crippen LogP) is 6.11. The zero-order valence-corrected chi connectivity index (χ0v) is 13.5. The fraction of sp³-hybridized carbons (Fsp3) is 0.667. The molecule has 20 heavy (non-hydrogen) atoms. The molecule has 0 aromatic heterocycles. The Hall–Kier alpha value is -0.690. The van der Waals surface area contributed by atoms with E-state index in [4.69, 9.17) is 16.3 Å². The largest absolute Gasteiger partial charge is 0.491 e. The van der Waals surface area contributed by atoms with Crippen LogP contribution >= 0.6 is 11.6 Å². The molecular formula is C18H27ClO. The average molecular weight is 295 g/mol. The van der Waals surface area contributed by atoms with Crippen molar-refractivity contribution >= 4 is 11.6 Å². The molecule has 0 aliphatic heterocycles. The highest BCUT2D eigenvalue weighted by Gasteiger charge is 2.21. The molecule has 1 aliphatic carbocycles. The van der Waals surface area contributed by atoms with Gasteiger partial charge in [-0.05, 0) is 50.3 Å². The van der Waals surface area contributed by atoms with Crippen molar-refractivity contribution in [3.63, 3.8) is 0 Å². The van der Waals surface area contributed by atoms with Crippen LogP contribution in [0.5, 0.6) is 5.75 Å². The quantitative estimate of drug-likeness (QED) is 0.608. The van der Waals surface area contributed by atoms with Gasteiger partial charge in [0, 0.05) is 0 Å². The first-order chi connectivity index (χ1) is 9.66. The molecule has 1 atom stereocenters. The van der Waals surface area contributed by atoms with E-state index in [2.05, 4.69) is 12.1 Å². The number of benzene rings is 1. The van der Waals surface area contributed by atoms with Crippen molar-refractivity contribution in [3.8, 4) is 5.75 Å². The van der Waals surface area contributed by atoms with Crippen LogP contribution in [0.1, 0.15) is 69.7 Å². The Morgan fingerprint density at radius 1 is 0.950 bits per heavy atom. The van der Waals surface area contributed by atoms with Crippen LogP contribution in [0.4, 0.5) is 0 Å². The summed E-state index contributed by atoms with van der Waals surface area (Å²) in [6.07, 6.45) is 9.60. The molecule has 112 valence electrons. The van der Waals surface area contributed by atoms with E-state index in [1.807, 2.05) is 26.0 Å². The molecule has 0 radical (unpaired) electrons. The smallest absolute Gasteiger partial charge is 0.119 e. The Kier molecular flexibility index (Phi) is 6.22. The van der Waals surface area contributed by atoms with Crippen molar-refractivity contribution < 1.29 is 4.74 Å². The Balaban J connectivity index is 1.98. The van der Waals surface area contributed by atoms with E-state index in [9.17, 15) is 0 Å². The van der Waals surface area contributed by atoms with E-state index < -0.39 is 0 Å². The van der Waals surface area contributed by atoms with Gasteiger partial charge in [-0.3, -0.25) is 0 Å². The van der Waals surface area contributed by atoms with Crippen LogP contribution in [0.25, 0.3) is 0 Å². The van der Waals surface area contributed by atoms with Gasteiger partial charge in [-0.15, -0.1) is 11.6 Å². The first kappa shape index (κ1) is 15.7. The third-order valence-electron chi connectivity index (χ3n) is 4.13. The van der Waals surface area contributed by atoms with Gasteiger partial charge in [-0.25, -0.2) is 0 Å². The summed E-state index contributed by atoms with van der Waals surface area (Å²) in [6.45, 7) is 4.10. The van der Waals surface area contributed by atoms with E-state index in [0.29, 0.717) is 5.92 Å². The fourth-order valence-corrected chi connectivity index (χ4v) is 3.45. The lowest BCUT2D eigenvalue weighted by Gasteiger charge is -2.24. The van der Waals surface area contributed by atoms with E-state index >= 15 is 0 Å². The van der Waals surface area contributed by atoms with Gasteiger partial charge in [-0.1, -0.05) is 44.2 Å². The molecule has 0 saturated heterocycles. The number of rotatable bonds is 4. The zero-order chi connectivity index (χ0) is 14.4. The third kappa shape index (κ3) is 4.70. The van der Waals surface area contributed by atoms with Crippen LogP contribution in [-0.2, 0) is 0 Å². The van der Waals surface area contributed by atoms with E-state index in [0.717, 1.165) is 5.75 Å². The molecule has 0 bridgehead atoms. The summed E-state index contributed by atoms with van der Waals surface area (Å²) in [5.74, 6) is 1.57. The fourth-order valence-electron chi connectivity index (χ4n) is 3.05. The maximum atomic E-state index is 6.73. The topological polar surface area (TPSA) is 9.23 Å². The van der Waals surface area contributed by atoms with Gasteiger partial charge in [0.15, 0.2) is 0 Å². The van der Waals surface area contributed by atoms with Crippen LogP contribution in [0.2, 0.25) is 0 Å². The summed E-state index contributed by atoms with van der Waals surface area (Å²) in [5.41, 5.74) is 1.24. The van der Waals surface area contributed by atoms with Crippen molar-refractivity contribution in [1.82, 2.24) is 0 Å². The maximum Gasteiger partial charge on any atom is 0.119 e. The molecule has 1 saturated carbocycles. The lowest BCUT2D eigenvalue weighted by atomic mass is 9.86. The molecule has 2 rings (SSSR count). The van der Waals surface area contributed by atoms with Crippen LogP contribution in [0.3, 0.4) is 0 Å². The van der Waals surface area contributed by atoms with Crippen molar-refractivity contribution in [2.75, 3.05) is 0 Å². The predicted molar refractivity (Wildman–Crippen MR) is 86.6 cm³/mol. The van der Waals surface area contributed by atoms with Crippen molar-refractivity contribution in [2.45, 2.75) is 70.3 Å². The lowest BCUT2D eigenvalue weighted by molar-refractivity contribution is 0.242. The second-order valence-corrected chi connectivity index (χ2v) is 6.71. The maximum absolute atomic E-state index is 6.73. The highest BCUT2D eigenvalue weighted by atomic mass is 35.5. The SMILES string of the molecule is CC(C)Oc1ccc(C(Cl)C2CCCCCCC2)cc1. The lowest BCUT2D eigenvalue weighted by Crippen LogP contribution is -2.10. The molecule has 1 fully saturated rings. The van der Waals surface area contributed by atoms with Crippen molar-refractivity contribution in [1.29, 1.82) is 0 Å². The monoisotopic (exact) mass is 294 g/mol. The molecule has 1 nitrogen and oxygen atoms in total. The molecule has 1 aromatic rings. The van der Waals surface area contributed by atoms with Gasteiger partial charge in [0.2, 0.25) is 0 Å². The summed E-state index contributed by atoms with van der Waals surface area (Å²) < 4.78 is 5.69.